The average Bonchev–Trinajstić information content (AvgIpc) is 3.28. The lowest BCUT2D eigenvalue weighted by Gasteiger charge is -2.28. The van der Waals surface area contributed by atoms with E-state index in [2.05, 4.69) is 15.1 Å². The van der Waals surface area contributed by atoms with Gasteiger partial charge < -0.3 is 14.6 Å². The van der Waals surface area contributed by atoms with Crippen molar-refractivity contribution < 1.29 is 14.6 Å². The molecule has 2 aromatic carbocycles. The second-order valence-corrected chi connectivity index (χ2v) is 7.40. The van der Waals surface area contributed by atoms with Crippen molar-refractivity contribution in [3.05, 3.63) is 90.0 Å². The van der Waals surface area contributed by atoms with Gasteiger partial charge in [-0.15, -0.1) is 5.10 Å². The second-order valence-electron chi connectivity index (χ2n) is 7.40. The van der Waals surface area contributed by atoms with E-state index in [0.717, 1.165) is 28.0 Å². The van der Waals surface area contributed by atoms with E-state index in [0.29, 0.717) is 23.1 Å². The highest BCUT2D eigenvalue weighted by atomic mass is 16.5. The minimum atomic E-state index is -0.281. The van der Waals surface area contributed by atoms with Crippen LogP contribution in [-0.4, -0.2) is 36.8 Å². The monoisotopic (exact) mass is 423 g/mol. The zero-order valence-corrected chi connectivity index (χ0v) is 17.0. The number of ether oxygens (including phenoxy) is 2. The number of aromatic nitrogens is 5. The molecule has 0 bridgehead atoms. The number of phenolic OH excluding ortho intramolecular Hbond substituents is 1. The predicted molar refractivity (Wildman–Crippen MR) is 116 cm³/mol. The highest BCUT2D eigenvalue weighted by Gasteiger charge is 2.35. The van der Waals surface area contributed by atoms with Gasteiger partial charge in [0.2, 0.25) is 5.88 Å². The lowest BCUT2D eigenvalue weighted by Crippen LogP contribution is -2.15. The average molecular weight is 423 g/mol. The SMILES string of the molecule is COc1ccccc1C1c2ccc(O)cc2Oc2ncn3nc(-c4ccncc4)nc3c21. The molecule has 1 N–H and O–H groups in total. The summed E-state index contributed by atoms with van der Waals surface area (Å²) < 4.78 is 13.4. The number of methoxy groups -OCH3 is 1. The molecule has 1 unspecified atom stereocenters. The van der Waals surface area contributed by atoms with E-state index >= 15 is 0 Å². The summed E-state index contributed by atoms with van der Waals surface area (Å²) in [6, 6.07) is 16.7. The quantitative estimate of drug-likeness (QED) is 0.456. The lowest BCUT2D eigenvalue weighted by molar-refractivity contribution is 0.401. The smallest absolute Gasteiger partial charge is 0.228 e. The van der Waals surface area contributed by atoms with Gasteiger partial charge in [-0.05, 0) is 24.3 Å². The number of aromatic hydroxyl groups is 1. The van der Waals surface area contributed by atoms with Gasteiger partial charge in [0.25, 0.3) is 0 Å². The minimum absolute atomic E-state index is 0.120. The van der Waals surface area contributed by atoms with E-state index in [1.807, 2.05) is 42.5 Å². The molecule has 1 aliphatic rings. The summed E-state index contributed by atoms with van der Waals surface area (Å²) in [5, 5.41) is 14.7. The summed E-state index contributed by atoms with van der Waals surface area (Å²) in [4.78, 5) is 13.4. The zero-order chi connectivity index (χ0) is 21.7. The summed E-state index contributed by atoms with van der Waals surface area (Å²) in [6.07, 6.45) is 5.00. The van der Waals surface area contributed by atoms with Crippen LogP contribution in [0.2, 0.25) is 0 Å². The van der Waals surface area contributed by atoms with Gasteiger partial charge in [0.05, 0.1) is 18.6 Å². The molecule has 8 heteroatoms. The topological polar surface area (TPSA) is 94.7 Å². The molecule has 1 atom stereocenters. The first-order valence-corrected chi connectivity index (χ1v) is 10.0. The van der Waals surface area contributed by atoms with Crippen molar-refractivity contribution in [1.82, 2.24) is 24.6 Å². The number of pyridine rings is 1. The molecule has 156 valence electrons. The largest absolute Gasteiger partial charge is 0.508 e. The number of rotatable bonds is 3. The van der Waals surface area contributed by atoms with Gasteiger partial charge in [-0.3, -0.25) is 4.98 Å². The fourth-order valence-electron chi connectivity index (χ4n) is 4.15. The van der Waals surface area contributed by atoms with Crippen molar-refractivity contribution in [2.45, 2.75) is 5.92 Å². The highest BCUT2D eigenvalue weighted by molar-refractivity contribution is 5.69. The van der Waals surface area contributed by atoms with Crippen molar-refractivity contribution >= 4 is 5.65 Å². The number of fused-ring (bicyclic) bond motifs is 4. The van der Waals surface area contributed by atoms with E-state index in [1.165, 1.54) is 0 Å². The fraction of sp³-hybridized carbons (Fsp3) is 0.0833. The molecule has 5 aromatic rings. The van der Waals surface area contributed by atoms with Crippen molar-refractivity contribution in [2.75, 3.05) is 7.11 Å². The van der Waals surface area contributed by atoms with Crippen LogP contribution in [-0.2, 0) is 0 Å². The number of benzene rings is 2. The molecule has 0 spiro atoms. The van der Waals surface area contributed by atoms with Crippen LogP contribution < -0.4 is 9.47 Å². The van der Waals surface area contributed by atoms with Gasteiger partial charge in [-0.1, -0.05) is 24.3 Å². The minimum Gasteiger partial charge on any atom is -0.508 e. The van der Waals surface area contributed by atoms with Crippen LogP contribution >= 0.6 is 0 Å². The van der Waals surface area contributed by atoms with Crippen LogP contribution in [0.3, 0.4) is 0 Å². The third-order valence-corrected chi connectivity index (χ3v) is 5.58. The molecule has 6 rings (SSSR count). The van der Waals surface area contributed by atoms with Crippen molar-refractivity contribution in [1.29, 1.82) is 0 Å². The lowest BCUT2D eigenvalue weighted by atomic mass is 9.83. The first kappa shape index (κ1) is 18.3. The van der Waals surface area contributed by atoms with Crippen LogP contribution in [0.1, 0.15) is 22.6 Å². The maximum Gasteiger partial charge on any atom is 0.228 e. The van der Waals surface area contributed by atoms with Crippen LogP contribution in [0, 0.1) is 0 Å². The fourth-order valence-corrected chi connectivity index (χ4v) is 4.15. The van der Waals surface area contributed by atoms with Crippen molar-refractivity contribution in [3.8, 4) is 34.5 Å². The van der Waals surface area contributed by atoms with Crippen molar-refractivity contribution in [3.63, 3.8) is 0 Å². The Kier molecular flexibility index (Phi) is 4.04. The van der Waals surface area contributed by atoms with Gasteiger partial charge in [0.1, 0.15) is 23.6 Å². The Morgan fingerprint density at radius 3 is 2.72 bits per heavy atom. The van der Waals surface area contributed by atoms with Crippen LogP contribution in [0.4, 0.5) is 0 Å². The van der Waals surface area contributed by atoms with E-state index in [9.17, 15) is 5.11 Å². The Hall–Kier alpha value is -4.46. The Morgan fingerprint density at radius 1 is 1.03 bits per heavy atom. The summed E-state index contributed by atoms with van der Waals surface area (Å²) >= 11 is 0. The molecule has 32 heavy (non-hydrogen) atoms. The molecule has 8 nitrogen and oxygen atoms in total. The maximum absolute atomic E-state index is 10.0. The maximum atomic E-state index is 10.0. The first-order valence-electron chi connectivity index (χ1n) is 10.0. The molecule has 0 fully saturated rings. The van der Waals surface area contributed by atoms with Gasteiger partial charge in [-0.2, -0.15) is 0 Å². The predicted octanol–water partition coefficient (Wildman–Crippen LogP) is 4.19. The molecule has 1 aliphatic heterocycles. The molecule has 0 radical (unpaired) electrons. The van der Waals surface area contributed by atoms with Crippen LogP contribution in [0.25, 0.3) is 17.0 Å². The van der Waals surface area contributed by atoms with E-state index in [4.69, 9.17) is 14.5 Å². The number of nitrogens with zero attached hydrogens (tertiary/aromatic N) is 5. The summed E-state index contributed by atoms with van der Waals surface area (Å²) in [6.45, 7) is 0. The Bertz CT molecular complexity index is 1470. The highest BCUT2D eigenvalue weighted by Crippen LogP contribution is 2.50. The molecule has 0 amide bonds. The normalized spacial score (nSPS) is 14.5. The molecular weight excluding hydrogens is 406 g/mol. The van der Waals surface area contributed by atoms with Gasteiger partial charge in [0, 0.05) is 35.2 Å². The number of phenols is 1. The Labute approximate surface area is 182 Å². The summed E-state index contributed by atoms with van der Waals surface area (Å²) in [5.74, 6) is 2.10. The van der Waals surface area contributed by atoms with Gasteiger partial charge >= 0.3 is 0 Å². The van der Waals surface area contributed by atoms with Gasteiger partial charge in [-0.25, -0.2) is 14.5 Å². The van der Waals surface area contributed by atoms with Crippen LogP contribution in [0.5, 0.6) is 23.1 Å². The molecule has 0 aliphatic carbocycles. The Morgan fingerprint density at radius 2 is 1.88 bits per heavy atom. The number of hydrogen-bond donors (Lipinski definition) is 1. The standard InChI is InChI=1S/C24H17N5O3/c1-31-18-5-3-2-4-16(18)20-17-7-6-15(30)12-19(17)32-24-21(20)23-27-22(28-29(23)13-26-24)14-8-10-25-11-9-14/h2-13,20,30H,1H3. The molecule has 4 heterocycles. The second kappa shape index (κ2) is 7.05. The number of para-hydroxylation sites is 1. The third kappa shape index (κ3) is 2.77. The first-order chi connectivity index (χ1) is 15.7. The number of hydrogen-bond acceptors (Lipinski definition) is 7. The van der Waals surface area contributed by atoms with Crippen molar-refractivity contribution in [2.24, 2.45) is 0 Å². The third-order valence-electron chi connectivity index (χ3n) is 5.58. The Balaban J connectivity index is 1.65. The van der Waals surface area contributed by atoms with Gasteiger partial charge in [0.15, 0.2) is 11.5 Å². The molecule has 0 saturated heterocycles. The molecule has 0 saturated carbocycles. The summed E-state index contributed by atoms with van der Waals surface area (Å²) in [7, 11) is 1.65. The zero-order valence-electron chi connectivity index (χ0n) is 17.0. The van der Waals surface area contributed by atoms with E-state index in [-0.39, 0.29) is 11.7 Å². The van der Waals surface area contributed by atoms with Crippen LogP contribution in [0.15, 0.2) is 73.3 Å². The van der Waals surface area contributed by atoms with E-state index < -0.39 is 0 Å². The molecule has 3 aromatic heterocycles. The van der Waals surface area contributed by atoms with E-state index in [1.54, 1.807) is 42.5 Å². The molecular formula is C24H17N5O3. The summed E-state index contributed by atoms with van der Waals surface area (Å²) in [5.41, 5.74) is 4.09.